The molecule has 0 amide bonds. The van der Waals surface area contributed by atoms with Gasteiger partial charge < -0.3 is 9.66 Å². The largest absolute Gasteiger partial charge is 1.00 e. The SMILES string of the molecule is CCCCCCCCCC(CCCCCCCCC(O)CC)S(=O)(=O)[O-].[Na+]. The van der Waals surface area contributed by atoms with Crippen molar-refractivity contribution in [1.82, 2.24) is 0 Å². The first-order valence-corrected chi connectivity index (χ1v) is 12.5. The molecule has 4 nitrogen and oxygen atoms in total. The summed E-state index contributed by atoms with van der Waals surface area (Å²) in [6, 6.07) is 0. The van der Waals surface area contributed by atoms with Crippen LogP contribution in [0.3, 0.4) is 0 Å². The zero-order valence-corrected chi connectivity index (χ0v) is 21.1. The number of rotatable bonds is 19. The van der Waals surface area contributed by atoms with Gasteiger partial charge in [-0.3, -0.25) is 0 Å². The Morgan fingerprint density at radius 2 is 1.07 bits per heavy atom. The maximum atomic E-state index is 11.5. The van der Waals surface area contributed by atoms with Gasteiger partial charge in [-0.25, -0.2) is 8.42 Å². The van der Waals surface area contributed by atoms with Crippen LogP contribution in [0.1, 0.15) is 123 Å². The third-order valence-electron chi connectivity index (χ3n) is 5.32. The molecule has 158 valence electrons. The van der Waals surface area contributed by atoms with Crippen LogP contribution in [0.15, 0.2) is 0 Å². The summed E-state index contributed by atoms with van der Waals surface area (Å²) in [7, 11) is -4.16. The van der Waals surface area contributed by atoms with E-state index in [9.17, 15) is 18.1 Å². The van der Waals surface area contributed by atoms with Crippen LogP contribution < -0.4 is 29.6 Å². The number of hydrogen-bond donors (Lipinski definition) is 1. The first kappa shape index (κ1) is 30.1. The van der Waals surface area contributed by atoms with E-state index in [2.05, 4.69) is 6.92 Å². The molecular formula is C21H43NaO4S. The summed E-state index contributed by atoms with van der Waals surface area (Å²) in [4.78, 5) is 0. The molecule has 0 aliphatic heterocycles. The smallest absolute Gasteiger partial charge is 0.748 e. The van der Waals surface area contributed by atoms with E-state index in [-0.39, 0.29) is 35.7 Å². The third kappa shape index (κ3) is 19.9. The van der Waals surface area contributed by atoms with Gasteiger partial charge in [0.2, 0.25) is 0 Å². The summed E-state index contributed by atoms with van der Waals surface area (Å²) in [5.41, 5.74) is 0. The summed E-state index contributed by atoms with van der Waals surface area (Å²) >= 11 is 0. The average molecular weight is 415 g/mol. The van der Waals surface area contributed by atoms with Crippen molar-refractivity contribution in [3.63, 3.8) is 0 Å². The Hall–Kier alpha value is 0.870. The Bertz CT molecular complexity index is 401. The molecule has 0 rings (SSSR count). The van der Waals surface area contributed by atoms with E-state index in [1.807, 2.05) is 6.92 Å². The Morgan fingerprint density at radius 3 is 1.44 bits per heavy atom. The number of aliphatic hydroxyl groups excluding tert-OH is 1. The van der Waals surface area contributed by atoms with E-state index in [1.165, 1.54) is 25.7 Å². The van der Waals surface area contributed by atoms with Gasteiger partial charge in [0.05, 0.1) is 16.2 Å². The van der Waals surface area contributed by atoms with Crippen molar-refractivity contribution in [2.75, 3.05) is 0 Å². The zero-order valence-electron chi connectivity index (χ0n) is 18.3. The molecule has 0 saturated carbocycles. The van der Waals surface area contributed by atoms with E-state index in [0.29, 0.717) is 12.8 Å². The fraction of sp³-hybridized carbons (Fsp3) is 1.00. The molecule has 0 heterocycles. The Labute approximate surface area is 191 Å². The molecular weight excluding hydrogens is 371 g/mol. The molecule has 0 radical (unpaired) electrons. The Morgan fingerprint density at radius 1 is 0.704 bits per heavy atom. The predicted octanol–water partition coefficient (Wildman–Crippen LogP) is 2.94. The van der Waals surface area contributed by atoms with Gasteiger partial charge in [0.15, 0.2) is 0 Å². The number of unbranched alkanes of at least 4 members (excludes halogenated alkanes) is 11. The second kappa shape index (κ2) is 20.2. The van der Waals surface area contributed by atoms with Crippen molar-refractivity contribution >= 4 is 10.1 Å². The van der Waals surface area contributed by atoms with E-state index < -0.39 is 15.4 Å². The van der Waals surface area contributed by atoms with Gasteiger partial charge in [-0.1, -0.05) is 97.3 Å². The quantitative estimate of drug-likeness (QED) is 0.200. The van der Waals surface area contributed by atoms with Gasteiger partial charge in [-0.05, 0) is 25.7 Å². The van der Waals surface area contributed by atoms with E-state index >= 15 is 0 Å². The molecule has 1 N–H and O–H groups in total. The van der Waals surface area contributed by atoms with Gasteiger partial charge >= 0.3 is 29.6 Å². The van der Waals surface area contributed by atoms with Gasteiger partial charge in [-0.2, -0.15) is 0 Å². The standard InChI is InChI=1S/C21H44O4S.Na/c1-3-5-6-7-8-12-15-18-21(26(23,24)25)19-16-13-10-9-11-14-17-20(22)4-2;/h20-22H,3-19H2,1-2H3,(H,23,24,25);/q;+1/p-1. The molecule has 0 bridgehead atoms. The number of aliphatic hydroxyl groups is 1. The van der Waals surface area contributed by atoms with Crippen molar-refractivity contribution in [3.05, 3.63) is 0 Å². The Kier molecular flexibility index (Phi) is 22.4. The van der Waals surface area contributed by atoms with Crippen LogP contribution in [0.25, 0.3) is 0 Å². The van der Waals surface area contributed by atoms with Crippen LogP contribution >= 0.6 is 0 Å². The fourth-order valence-electron chi connectivity index (χ4n) is 3.43. The van der Waals surface area contributed by atoms with Gasteiger partial charge in [0.25, 0.3) is 0 Å². The molecule has 2 unspecified atom stereocenters. The fourth-order valence-corrected chi connectivity index (χ4v) is 4.34. The second-order valence-corrected chi connectivity index (χ2v) is 9.44. The first-order valence-electron chi connectivity index (χ1n) is 11.0. The first-order chi connectivity index (χ1) is 12.4. The molecule has 0 aliphatic carbocycles. The molecule has 2 atom stereocenters. The van der Waals surface area contributed by atoms with Crippen molar-refractivity contribution in [1.29, 1.82) is 0 Å². The maximum Gasteiger partial charge on any atom is 1.00 e. The molecule has 0 aromatic carbocycles. The number of hydrogen-bond acceptors (Lipinski definition) is 4. The second-order valence-electron chi connectivity index (χ2n) is 7.79. The van der Waals surface area contributed by atoms with Crippen LogP contribution in [-0.4, -0.2) is 29.4 Å². The molecule has 0 fully saturated rings. The van der Waals surface area contributed by atoms with E-state index in [4.69, 9.17) is 0 Å². The molecule has 0 aromatic heterocycles. The van der Waals surface area contributed by atoms with Crippen molar-refractivity contribution in [2.45, 2.75) is 134 Å². The predicted molar refractivity (Wildman–Crippen MR) is 109 cm³/mol. The minimum Gasteiger partial charge on any atom is -0.748 e. The molecule has 0 aromatic rings. The van der Waals surface area contributed by atoms with Gasteiger partial charge in [0, 0.05) is 5.25 Å². The molecule has 0 saturated heterocycles. The van der Waals surface area contributed by atoms with Crippen molar-refractivity contribution in [2.24, 2.45) is 0 Å². The molecule has 6 heteroatoms. The summed E-state index contributed by atoms with van der Waals surface area (Å²) < 4.78 is 34.4. The van der Waals surface area contributed by atoms with Gasteiger partial charge in [-0.15, -0.1) is 0 Å². The van der Waals surface area contributed by atoms with Crippen LogP contribution in [0, 0.1) is 0 Å². The summed E-state index contributed by atoms with van der Waals surface area (Å²) in [5, 5.41) is 8.81. The van der Waals surface area contributed by atoms with Crippen LogP contribution in [0.2, 0.25) is 0 Å². The van der Waals surface area contributed by atoms with Crippen molar-refractivity contribution < 1.29 is 47.6 Å². The van der Waals surface area contributed by atoms with Crippen LogP contribution in [0.4, 0.5) is 0 Å². The average Bonchev–Trinajstić information content (AvgIpc) is 2.59. The Balaban J connectivity index is 0. The van der Waals surface area contributed by atoms with Gasteiger partial charge in [0.1, 0.15) is 0 Å². The zero-order chi connectivity index (χ0) is 19.7. The monoisotopic (exact) mass is 414 g/mol. The van der Waals surface area contributed by atoms with Crippen molar-refractivity contribution in [3.8, 4) is 0 Å². The van der Waals surface area contributed by atoms with E-state index in [1.54, 1.807) is 0 Å². The third-order valence-corrected chi connectivity index (χ3v) is 6.61. The summed E-state index contributed by atoms with van der Waals surface area (Å²) in [5.74, 6) is 0. The molecule has 0 aliphatic rings. The normalized spacial score (nSPS) is 13.9. The molecule has 0 spiro atoms. The summed E-state index contributed by atoms with van der Waals surface area (Å²) in [6.07, 6.45) is 16.9. The van der Waals surface area contributed by atoms with E-state index in [0.717, 1.165) is 70.6 Å². The van der Waals surface area contributed by atoms with Crippen LogP contribution in [0.5, 0.6) is 0 Å². The topological polar surface area (TPSA) is 77.4 Å². The minimum atomic E-state index is -4.16. The maximum absolute atomic E-state index is 11.5. The van der Waals surface area contributed by atoms with Crippen LogP contribution in [-0.2, 0) is 10.1 Å². The summed E-state index contributed by atoms with van der Waals surface area (Å²) in [6.45, 7) is 4.19. The molecule has 27 heavy (non-hydrogen) atoms. The minimum absolute atomic E-state index is 0.